The van der Waals surface area contributed by atoms with Gasteiger partial charge in [-0.25, -0.2) is 0 Å². The van der Waals surface area contributed by atoms with E-state index in [1.807, 2.05) is 35.2 Å². The zero-order valence-electron chi connectivity index (χ0n) is 14.9. The third-order valence-corrected chi connectivity index (χ3v) is 3.97. The van der Waals surface area contributed by atoms with Crippen molar-refractivity contribution in [2.75, 3.05) is 36.5 Å². The van der Waals surface area contributed by atoms with Crippen LogP contribution >= 0.6 is 0 Å². The summed E-state index contributed by atoms with van der Waals surface area (Å²) >= 11 is 0. The van der Waals surface area contributed by atoms with Crippen LogP contribution in [0.5, 0.6) is 11.5 Å². The minimum Gasteiger partial charge on any atom is -0.490 e. The van der Waals surface area contributed by atoms with Gasteiger partial charge in [-0.15, -0.1) is 0 Å². The Hall–Kier alpha value is -2.73. The van der Waals surface area contributed by atoms with Crippen molar-refractivity contribution in [3.63, 3.8) is 0 Å². The average Bonchev–Trinajstić information content (AvgIpc) is 2.86. The molecule has 0 bridgehead atoms. The number of fused-ring (bicyclic) bond motifs is 1. The number of nitrogens with zero attached hydrogens (tertiary/aromatic N) is 1. The molecule has 0 aliphatic carbocycles. The van der Waals surface area contributed by atoms with E-state index in [-0.39, 0.29) is 12.5 Å². The standard InChI is InChI=1S/C20H24N2O4/c1-15(23)13-22(17-6-3-2-4-7-17)14-20(24)21-16-8-9-18-19(12-16)26-11-5-10-25-18/h2-4,6-9,12,15,23H,5,10-11,13-14H2,1H3,(H,21,24). The van der Waals surface area contributed by atoms with Crippen LogP contribution in [0.1, 0.15) is 13.3 Å². The molecule has 3 rings (SSSR count). The summed E-state index contributed by atoms with van der Waals surface area (Å²) in [6, 6.07) is 15.0. The van der Waals surface area contributed by atoms with Gasteiger partial charge in [-0.1, -0.05) is 18.2 Å². The lowest BCUT2D eigenvalue weighted by atomic mass is 10.2. The topological polar surface area (TPSA) is 71.0 Å². The lowest BCUT2D eigenvalue weighted by Gasteiger charge is -2.25. The normalized spacial score (nSPS) is 14.2. The first-order chi connectivity index (χ1) is 12.6. The molecule has 6 heteroatoms. The summed E-state index contributed by atoms with van der Waals surface area (Å²) in [5, 5.41) is 12.6. The molecular formula is C20H24N2O4. The number of anilines is 2. The molecule has 2 aromatic rings. The number of ether oxygens (including phenoxy) is 2. The highest BCUT2D eigenvalue weighted by atomic mass is 16.5. The third kappa shape index (κ3) is 4.89. The van der Waals surface area contributed by atoms with Gasteiger partial charge in [0.1, 0.15) is 0 Å². The molecule has 0 fully saturated rings. The quantitative estimate of drug-likeness (QED) is 0.833. The van der Waals surface area contributed by atoms with Crippen molar-refractivity contribution in [1.29, 1.82) is 0 Å². The Morgan fingerprint density at radius 3 is 2.62 bits per heavy atom. The number of hydrogen-bond acceptors (Lipinski definition) is 5. The predicted octanol–water partition coefficient (Wildman–Crippen LogP) is 2.67. The number of aliphatic hydroxyl groups is 1. The molecular weight excluding hydrogens is 332 g/mol. The van der Waals surface area contributed by atoms with Crippen molar-refractivity contribution in [1.82, 2.24) is 0 Å². The molecule has 1 aliphatic rings. The number of carbonyl (C=O) groups is 1. The molecule has 1 aliphatic heterocycles. The largest absolute Gasteiger partial charge is 0.490 e. The number of carbonyl (C=O) groups excluding carboxylic acids is 1. The Morgan fingerprint density at radius 2 is 1.88 bits per heavy atom. The fraction of sp³-hybridized carbons (Fsp3) is 0.350. The molecule has 0 radical (unpaired) electrons. The SMILES string of the molecule is CC(O)CN(CC(=O)Nc1ccc2c(c1)OCCCO2)c1ccccc1. The second-order valence-corrected chi connectivity index (χ2v) is 6.33. The maximum atomic E-state index is 12.5. The Kier molecular flexibility index (Phi) is 5.96. The van der Waals surface area contributed by atoms with E-state index in [0.717, 1.165) is 12.1 Å². The van der Waals surface area contributed by atoms with E-state index >= 15 is 0 Å². The molecule has 1 atom stereocenters. The van der Waals surface area contributed by atoms with E-state index in [1.165, 1.54) is 0 Å². The van der Waals surface area contributed by atoms with E-state index in [4.69, 9.17) is 9.47 Å². The fourth-order valence-corrected chi connectivity index (χ4v) is 2.83. The molecule has 1 unspecified atom stereocenters. The van der Waals surface area contributed by atoms with Crippen molar-refractivity contribution in [2.45, 2.75) is 19.4 Å². The van der Waals surface area contributed by atoms with Gasteiger partial charge in [0.05, 0.1) is 25.9 Å². The zero-order chi connectivity index (χ0) is 18.4. The Morgan fingerprint density at radius 1 is 1.15 bits per heavy atom. The molecule has 0 saturated carbocycles. The van der Waals surface area contributed by atoms with E-state index < -0.39 is 6.10 Å². The second-order valence-electron chi connectivity index (χ2n) is 6.33. The summed E-state index contributed by atoms with van der Waals surface area (Å²) in [5.74, 6) is 1.17. The molecule has 2 aromatic carbocycles. The Bertz CT molecular complexity index is 734. The predicted molar refractivity (Wildman–Crippen MR) is 101 cm³/mol. The van der Waals surface area contributed by atoms with Crippen LogP contribution in [0.25, 0.3) is 0 Å². The smallest absolute Gasteiger partial charge is 0.243 e. The number of aliphatic hydroxyl groups excluding tert-OH is 1. The van der Waals surface area contributed by atoms with Crippen LogP contribution in [0.4, 0.5) is 11.4 Å². The van der Waals surface area contributed by atoms with E-state index in [2.05, 4.69) is 5.32 Å². The monoisotopic (exact) mass is 356 g/mol. The minimum atomic E-state index is -0.541. The lowest BCUT2D eigenvalue weighted by Crippen LogP contribution is -2.37. The highest BCUT2D eigenvalue weighted by Crippen LogP contribution is 2.32. The summed E-state index contributed by atoms with van der Waals surface area (Å²) in [6.07, 6.45) is 0.294. The van der Waals surface area contributed by atoms with Gasteiger partial charge in [0.15, 0.2) is 11.5 Å². The first kappa shape index (κ1) is 18.1. The van der Waals surface area contributed by atoms with Crippen LogP contribution in [0.2, 0.25) is 0 Å². The lowest BCUT2D eigenvalue weighted by molar-refractivity contribution is -0.115. The van der Waals surface area contributed by atoms with Gasteiger partial charge >= 0.3 is 0 Å². The molecule has 0 saturated heterocycles. The number of hydrogen-bond donors (Lipinski definition) is 2. The van der Waals surface area contributed by atoms with E-state index in [9.17, 15) is 9.90 Å². The summed E-state index contributed by atoms with van der Waals surface area (Å²) < 4.78 is 11.3. The van der Waals surface area contributed by atoms with Gasteiger partial charge in [-0.05, 0) is 31.2 Å². The number of rotatable bonds is 6. The molecule has 2 N–H and O–H groups in total. The van der Waals surface area contributed by atoms with Gasteiger partial charge in [-0.2, -0.15) is 0 Å². The highest BCUT2D eigenvalue weighted by Gasteiger charge is 2.15. The molecule has 0 aromatic heterocycles. The summed E-state index contributed by atoms with van der Waals surface area (Å²) in [6.45, 7) is 3.45. The summed E-state index contributed by atoms with van der Waals surface area (Å²) in [7, 11) is 0. The van der Waals surface area contributed by atoms with Crippen molar-refractivity contribution < 1.29 is 19.4 Å². The van der Waals surface area contributed by atoms with Crippen LogP contribution in [-0.2, 0) is 4.79 Å². The highest BCUT2D eigenvalue weighted by molar-refractivity contribution is 5.94. The van der Waals surface area contributed by atoms with Crippen molar-refractivity contribution in [2.24, 2.45) is 0 Å². The number of amides is 1. The number of nitrogens with one attached hydrogen (secondary N) is 1. The van der Waals surface area contributed by atoms with Gasteiger partial charge in [0, 0.05) is 30.4 Å². The molecule has 6 nitrogen and oxygen atoms in total. The van der Waals surface area contributed by atoms with Gasteiger partial charge in [0.25, 0.3) is 0 Å². The van der Waals surface area contributed by atoms with Crippen molar-refractivity contribution >= 4 is 17.3 Å². The van der Waals surface area contributed by atoms with Crippen LogP contribution < -0.4 is 19.7 Å². The fourth-order valence-electron chi connectivity index (χ4n) is 2.83. The Labute approximate surface area is 153 Å². The molecule has 1 heterocycles. The molecule has 0 spiro atoms. The molecule has 138 valence electrons. The Balaban J connectivity index is 1.67. The van der Waals surface area contributed by atoms with Gasteiger partial charge in [-0.3, -0.25) is 4.79 Å². The van der Waals surface area contributed by atoms with Crippen molar-refractivity contribution in [3.05, 3.63) is 48.5 Å². The van der Waals surface area contributed by atoms with Crippen LogP contribution in [0.15, 0.2) is 48.5 Å². The van der Waals surface area contributed by atoms with Crippen molar-refractivity contribution in [3.8, 4) is 11.5 Å². The first-order valence-electron chi connectivity index (χ1n) is 8.79. The first-order valence-corrected chi connectivity index (χ1v) is 8.79. The van der Waals surface area contributed by atoms with E-state index in [1.54, 1.807) is 25.1 Å². The molecule has 26 heavy (non-hydrogen) atoms. The van der Waals surface area contributed by atoms with E-state index in [0.29, 0.717) is 36.9 Å². The third-order valence-electron chi connectivity index (χ3n) is 3.97. The maximum absolute atomic E-state index is 12.5. The summed E-state index contributed by atoms with van der Waals surface area (Å²) in [5.41, 5.74) is 1.55. The van der Waals surface area contributed by atoms with Crippen LogP contribution in [-0.4, -0.2) is 43.4 Å². The van der Waals surface area contributed by atoms with Crippen LogP contribution in [0.3, 0.4) is 0 Å². The number of para-hydroxylation sites is 1. The number of benzene rings is 2. The minimum absolute atomic E-state index is 0.142. The second kappa shape index (κ2) is 8.58. The zero-order valence-corrected chi connectivity index (χ0v) is 14.9. The maximum Gasteiger partial charge on any atom is 0.243 e. The molecule has 1 amide bonds. The van der Waals surface area contributed by atoms with Gasteiger partial charge < -0.3 is 24.8 Å². The van der Waals surface area contributed by atoms with Gasteiger partial charge in [0.2, 0.25) is 5.91 Å². The average molecular weight is 356 g/mol. The van der Waals surface area contributed by atoms with Crippen LogP contribution in [0, 0.1) is 0 Å². The summed E-state index contributed by atoms with van der Waals surface area (Å²) in [4.78, 5) is 14.4.